The summed E-state index contributed by atoms with van der Waals surface area (Å²) in [5.41, 5.74) is 15.5. The Hall–Kier alpha value is -7.15. The largest absolute Gasteiger partial charge is 0.457 e. The summed E-state index contributed by atoms with van der Waals surface area (Å²) in [6.45, 7) is 21.3. The Kier molecular flexibility index (Phi) is 10.4. The summed E-state index contributed by atoms with van der Waals surface area (Å²) in [5.74, 6) is 2.45. The molecule has 0 spiro atoms. The third kappa shape index (κ3) is 7.71. The van der Waals surface area contributed by atoms with Crippen LogP contribution in [0.5, 0.6) is 11.5 Å². The molecule has 0 fully saturated rings. The van der Waals surface area contributed by atoms with Gasteiger partial charge in [-0.2, -0.15) is 0 Å². The van der Waals surface area contributed by atoms with E-state index < -0.39 is 0 Å². The topological polar surface area (TPSA) is 33.5 Å². The van der Waals surface area contributed by atoms with Gasteiger partial charge < -0.3 is 14.5 Å². The zero-order valence-corrected chi connectivity index (χ0v) is 41.4. The van der Waals surface area contributed by atoms with Crippen LogP contribution in [-0.2, 0) is 16.2 Å². The molecular formula is C62H58N4OS. The second kappa shape index (κ2) is 16.3. The molecule has 6 heteroatoms. The van der Waals surface area contributed by atoms with Crippen molar-refractivity contribution in [3.8, 4) is 39.6 Å². The molecule has 4 heterocycles. The average Bonchev–Trinajstić information content (AvgIpc) is 4.00. The minimum atomic E-state index is -0.0234. The monoisotopic (exact) mass is 906 g/mol. The summed E-state index contributed by atoms with van der Waals surface area (Å²) in [7, 11) is 0. The third-order valence-corrected chi connectivity index (χ3v) is 14.8. The Balaban J connectivity index is 1.00. The van der Waals surface area contributed by atoms with Crippen LogP contribution in [0.4, 0.5) is 22.7 Å². The van der Waals surface area contributed by atoms with Crippen LogP contribution in [-0.4, -0.2) is 16.2 Å². The molecule has 11 rings (SSSR count). The standard InChI is InChI=1S/C62H58N4OS/c1-60(2,3)42-31-32-63-56(36-42)66-54-38-47(29-30-50(54)59-58(66)51-23-13-16-28-55(51)68-59)67-46-22-17-21-45(37-46)64-39-65(53-27-15-14-26-52(53)64)57-48(40-19-11-10-12-20-40)24-18-25-49(57)41-33-43(61(4,5)6)35-44(34-41)62(7,8)9/h10-38H,39H2,1-9H3. The Morgan fingerprint density at radius 1 is 0.500 bits per heavy atom. The van der Waals surface area contributed by atoms with Gasteiger partial charge in [0.05, 0.1) is 32.8 Å². The van der Waals surface area contributed by atoms with Crippen molar-refractivity contribution in [3.63, 3.8) is 0 Å². The summed E-state index contributed by atoms with van der Waals surface area (Å²) in [6.07, 6.45) is 1.94. The van der Waals surface area contributed by atoms with E-state index in [-0.39, 0.29) is 16.2 Å². The number of para-hydroxylation sites is 3. The van der Waals surface area contributed by atoms with E-state index in [4.69, 9.17) is 9.72 Å². The maximum atomic E-state index is 6.88. The Labute approximate surface area is 404 Å². The number of hydrogen-bond donors (Lipinski definition) is 0. The van der Waals surface area contributed by atoms with E-state index in [0.717, 1.165) is 39.9 Å². The lowest BCUT2D eigenvalue weighted by molar-refractivity contribution is 0.483. The first-order chi connectivity index (χ1) is 32.6. The number of aromatic nitrogens is 2. The summed E-state index contributed by atoms with van der Waals surface area (Å²) in [4.78, 5) is 9.92. The molecule has 7 aromatic carbocycles. The van der Waals surface area contributed by atoms with Crippen molar-refractivity contribution in [3.05, 3.63) is 193 Å². The highest BCUT2D eigenvalue weighted by atomic mass is 32.1. The van der Waals surface area contributed by atoms with Gasteiger partial charge in [-0.15, -0.1) is 11.3 Å². The lowest BCUT2D eigenvalue weighted by atomic mass is 9.78. The average molecular weight is 907 g/mol. The molecule has 338 valence electrons. The third-order valence-electron chi connectivity index (χ3n) is 13.6. The quantitative estimate of drug-likeness (QED) is 0.160. The van der Waals surface area contributed by atoms with E-state index in [2.05, 4.69) is 247 Å². The first-order valence-corrected chi connectivity index (χ1v) is 24.6. The van der Waals surface area contributed by atoms with Crippen LogP contribution >= 0.6 is 11.3 Å². The fraction of sp³-hybridized carbons (Fsp3) is 0.210. The maximum absolute atomic E-state index is 6.88. The van der Waals surface area contributed by atoms with Crippen molar-refractivity contribution in [2.75, 3.05) is 16.5 Å². The number of thiophene rings is 1. The number of rotatable bonds is 7. The molecule has 0 saturated heterocycles. The van der Waals surface area contributed by atoms with E-state index in [1.807, 2.05) is 17.5 Å². The lowest BCUT2D eigenvalue weighted by Gasteiger charge is -2.29. The Morgan fingerprint density at radius 2 is 1.13 bits per heavy atom. The smallest absolute Gasteiger partial charge is 0.137 e. The molecule has 0 saturated carbocycles. The molecule has 0 amide bonds. The summed E-state index contributed by atoms with van der Waals surface area (Å²) in [5, 5.41) is 2.42. The van der Waals surface area contributed by atoms with Crippen LogP contribution in [0.15, 0.2) is 176 Å². The second-order valence-electron chi connectivity index (χ2n) is 21.4. The zero-order valence-electron chi connectivity index (χ0n) is 40.6. The highest BCUT2D eigenvalue weighted by molar-refractivity contribution is 7.26. The van der Waals surface area contributed by atoms with Gasteiger partial charge in [-0.05, 0) is 98.7 Å². The Bertz CT molecular complexity index is 3510. The lowest BCUT2D eigenvalue weighted by Crippen LogP contribution is -2.25. The fourth-order valence-corrected chi connectivity index (χ4v) is 11.0. The molecule has 0 radical (unpaired) electrons. The number of pyridine rings is 1. The molecule has 5 nitrogen and oxygen atoms in total. The van der Waals surface area contributed by atoms with Gasteiger partial charge in [0.1, 0.15) is 24.0 Å². The predicted octanol–water partition coefficient (Wildman–Crippen LogP) is 17.7. The zero-order chi connectivity index (χ0) is 47.1. The van der Waals surface area contributed by atoms with Crippen LogP contribution < -0.4 is 14.5 Å². The van der Waals surface area contributed by atoms with Crippen LogP contribution in [0.1, 0.15) is 79.0 Å². The van der Waals surface area contributed by atoms with Crippen molar-refractivity contribution in [2.24, 2.45) is 0 Å². The number of nitrogens with zero attached hydrogens (tertiary/aromatic N) is 4. The Morgan fingerprint density at radius 3 is 1.85 bits per heavy atom. The second-order valence-corrected chi connectivity index (χ2v) is 22.4. The normalized spacial score (nSPS) is 13.2. The van der Waals surface area contributed by atoms with Crippen LogP contribution in [0.2, 0.25) is 0 Å². The number of ether oxygens (including phenoxy) is 1. The minimum Gasteiger partial charge on any atom is -0.457 e. The molecule has 1 aliphatic heterocycles. The van der Waals surface area contributed by atoms with Crippen molar-refractivity contribution in [1.82, 2.24) is 9.55 Å². The highest BCUT2D eigenvalue weighted by Gasteiger charge is 2.32. The predicted molar refractivity (Wildman–Crippen MR) is 289 cm³/mol. The SMILES string of the molecule is CC(C)(C)c1cc(-c2cccc(-c3ccccc3)c2N2CN(c3cccc(Oc4ccc5c6sc7ccccc7c6n(-c6cc(C(C)(C)C)ccn6)c5c4)c3)c3ccccc32)cc(C(C)(C)C)c1. The van der Waals surface area contributed by atoms with Gasteiger partial charge in [0.15, 0.2) is 0 Å². The molecule has 68 heavy (non-hydrogen) atoms. The molecular weight excluding hydrogens is 849 g/mol. The van der Waals surface area contributed by atoms with Crippen molar-refractivity contribution < 1.29 is 4.74 Å². The van der Waals surface area contributed by atoms with Gasteiger partial charge in [0.25, 0.3) is 0 Å². The van der Waals surface area contributed by atoms with E-state index in [1.165, 1.54) is 70.3 Å². The maximum Gasteiger partial charge on any atom is 0.137 e. The summed E-state index contributed by atoms with van der Waals surface area (Å²) in [6, 6.07) is 61.8. The minimum absolute atomic E-state index is 0.0198. The van der Waals surface area contributed by atoms with Crippen molar-refractivity contribution >= 4 is 65.3 Å². The van der Waals surface area contributed by atoms with Crippen molar-refractivity contribution in [2.45, 2.75) is 78.6 Å². The number of fused-ring (bicyclic) bond motifs is 6. The van der Waals surface area contributed by atoms with E-state index in [1.54, 1.807) is 0 Å². The molecule has 10 aromatic rings. The molecule has 0 N–H and O–H groups in total. The number of hydrogen-bond acceptors (Lipinski definition) is 5. The van der Waals surface area contributed by atoms with Crippen LogP contribution in [0.3, 0.4) is 0 Å². The highest BCUT2D eigenvalue weighted by Crippen LogP contribution is 2.51. The first-order valence-electron chi connectivity index (χ1n) is 23.8. The van der Waals surface area contributed by atoms with Crippen LogP contribution in [0, 0.1) is 0 Å². The molecule has 0 atom stereocenters. The van der Waals surface area contributed by atoms with E-state index in [9.17, 15) is 0 Å². The molecule has 0 aliphatic carbocycles. The van der Waals surface area contributed by atoms with Gasteiger partial charge in [-0.1, -0.05) is 165 Å². The van der Waals surface area contributed by atoms with E-state index in [0.29, 0.717) is 6.67 Å². The molecule has 0 bridgehead atoms. The van der Waals surface area contributed by atoms with Crippen LogP contribution in [0.25, 0.3) is 59.3 Å². The van der Waals surface area contributed by atoms with Gasteiger partial charge in [-0.25, -0.2) is 4.98 Å². The molecule has 0 unspecified atom stereocenters. The van der Waals surface area contributed by atoms with Gasteiger partial charge in [0, 0.05) is 50.6 Å². The first kappa shape index (κ1) is 43.4. The number of benzene rings is 7. The van der Waals surface area contributed by atoms with Gasteiger partial charge in [0.2, 0.25) is 0 Å². The summed E-state index contributed by atoms with van der Waals surface area (Å²) < 4.78 is 11.7. The molecule has 1 aliphatic rings. The fourth-order valence-electron chi connectivity index (χ4n) is 9.80. The van der Waals surface area contributed by atoms with E-state index >= 15 is 0 Å². The number of anilines is 4. The van der Waals surface area contributed by atoms with Crippen molar-refractivity contribution in [1.29, 1.82) is 0 Å². The summed E-state index contributed by atoms with van der Waals surface area (Å²) >= 11 is 1.84. The molecule has 3 aromatic heterocycles. The van der Waals surface area contributed by atoms with Gasteiger partial charge in [-0.3, -0.25) is 4.57 Å². The van der Waals surface area contributed by atoms with Gasteiger partial charge >= 0.3 is 0 Å².